The average molecular weight is 1760 g/mol. The third-order valence-corrected chi connectivity index (χ3v) is 30.2. The molecule has 0 spiro atoms. The number of aliphatic hydroxyl groups is 1. The van der Waals surface area contributed by atoms with Gasteiger partial charge in [-0.05, 0) is 274 Å². The number of carbonyl (C=O) groups is 8. The van der Waals surface area contributed by atoms with Crippen molar-refractivity contribution < 1.29 is 69.9 Å². The Morgan fingerprint density at radius 3 is 0.571 bits per heavy atom. The van der Waals surface area contributed by atoms with Crippen LogP contribution in [-0.2, 0) is 29.4 Å². The van der Waals surface area contributed by atoms with E-state index in [-0.39, 0.29) is 67.7 Å². The molecule has 8 aromatic rings. The Morgan fingerprint density at radius 1 is 0.304 bits per heavy atom. The summed E-state index contributed by atoms with van der Waals surface area (Å²) in [4.78, 5) is 90.5. The molecule has 0 atom stereocenters. The number of rotatable bonds is 19. The van der Waals surface area contributed by atoms with Crippen LogP contribution in [0.4, 0.5) is 0 Å². The SMILES string of the molecule is C.CB(O)O.CC(=O)c1cc(C)cc(C)c1.CC(=O)c1cc(C)cc(C)c1.CC(=O)c1cc(C)cc(C)c1.CC(=O)c1cc(C)cc(C)c1.CC(=O)c1cc(C)cc(C)c1.CC(=O)c1cc(C)cc(C)c1.CC(=O)c1cc(C)cc(CO)c1.CCC[CH2][Sn]([CH3])([CH2]CCC)[CH2]CCC.CCc1cc(C)cc(C(C)=O)c1.[CH3-].[Zn+][Br]. The van der Waals surface area contributed by atoms with Crippen molar-refractivity contribution in [3.05, 3.63) is 287 Å². The summed E-state index contributed by atoms with van der Waals surface area (Å²) in [6, 6.07) is 46.7. The van der Waals surface area contributed by atoms with Crippen molar-refractivity contribution in [1.29, 1.82) is 0 Å². The first kappa shape index (κ1) is 114. The van der Waals surface area contributed by atoms with Crippen molar-refractivity contribution >= 4 is 85.4 Å². The van der Waals surface area contributed by atoms with Crippen molar-refractivity contribution in [1.82, 2.24) is 0 Å². The maximum atomic E-state index is 11.1. The molecule has 8 aromatic carbocycles. The van der Waals surface area contributed by atoms with E-state index in [0.717, 1.165) is 123 Å². The van der Waals surface area contributed by atoms with E-state index in [1.807, 2.05) is 194 Å². The predicted octanol–water partition coefficient (Wildman–Crippen LogP) is 26.0. The molecule has 0 heterocycles. The second-order valence-electron chi connectivity index (χ2n) is 29.4. The van der Waals surface area contributed by atoms with E-state index in [9.17, 15) is 38.4 Å². The van der Waals surface area contributed by atoms with Crippen molar-refractivity contribution in [2.24, 2.45) is 0 Å². The predicted molar refractivity (Wildman–Crippen MR) is 482 cm³/mol. The average Bonchev–Trinajstić information content (AvgIpc) is 0.876. The Morgan fingerprint density at radius 2 is 0.438 bits per heavy atom. The van der Waals surface area contributed by atoms with E-state index >= 15 is 0 Å². The molecule has 0 aromatic heterocycles. The summed E-state index contributed by atoms with van der Waals surface area (Å²) in [5.74, 6) is 0.998. The molecule has 3 N–H and O–H groups in total. The van der Waals surface area contributed by atoms with Crippen molar-refractivity contribution in [3.63, 3.8) is 0 Å². The molecule has 610 valence electrons. The second-order valence-corrected chi connectivity index (χ2v) is 44.0. The van der Waals surface area contributed by atoms with Gasteiger partial charge in [0, 0.05) is 44.5 Å². The first-order valence-corrected chi connectivity index (χ1v) is 54.1. The molecule has 0 radical (unpaired) electrons. The maximum absolute atomic E-state index is 11.1. The molecule has 112 heavy (non-hydrogen) atoms. The molecule has 0 saturated heterocycles. The van der Waals surface area contributed by atoms with Gasteiger partial charge in [-0.1, -0.05) is 141 Å². The number of halogens is 1. The number of ketones is 8. The van der Waals surface area contributed by atoms with Crippen molar-refractivity contribution in [2.75, 3.05) is 0 Å². The fourth-order valence-corrected chi connectivity index (χ4v) is 24.2. The van der Waals surface area contributed by atoms with Crippen molar-refractivity contribution in [2.45, 2.75) is 264 Å². The zero-order chi connectivity index (χ0) is 85.3. The fourth-order valence-electron chi connectivity index (χ4n) is 11.7. The van der Waals surface area contributed by atoms with Gasteiger partial charge in [-0.3, -0.25) is 38.4 Å². The van der Waals surface area contributed by atoms with Crippen LogP contribution in [0.3, 0.4) is 0 Å². The molecular weight excluding hydrogens is 1620 g/mol. The molecule has 0 bridgehead atoms. The quantitative estimate of drug-likeness (QED) is 0.0396. The van der Waals surface area contributed by atoms with Gasteiger partial charge in [-0.15, -0.1) is 0 Å². The molecule has 0 aliphatic rings. The third-order valence-electron chi connectivity index (χ3n) is 16.8. The molecule has 11 nitrogen and oxygen atoms in total. The number of hydrogen-bond acceptors (Lipinski definition) is 11. The van der Waals surface area contributed by atoms with Crippen LogP contribution in [0.15, 0.2) is 146 Å². The third kappa shape index (κ3) is 54.6. The number of benzene rings is 8. The van der Waals surface area contributed by atoms with Crippen LogP contribution in [0.1, 0.15) is 301 Å². The van der Waals surface area contributed by atoms with Gasteiger partial charge in [0.1, 0.15) is 0 Å². The number of carbonyl (C=O) groups excluding carboxylic acids is 8. The van der Waals surface area contributed by atoms with E-state index in [0.29, 0.717) is 5.56 Å². The number of Topliss-reactive ketones (excluding diaryl/α,β-unsaturated/α-hetero) is 8. The number of aryl methyl sites for hydroxylation is 15. The summed E-state index contributed by atoms with van der Waals surface area (Å²) in [6.07, 6.45) is 9.75. The van der Waals surface area contributed by atoms with Gasteiger partial charge in [0.2, 0.25) is 0 Å². The zero-order valence-corrected chi connectivity index (χ0v) is 80.8. The van der Waals surface area contributed by atoms with E-state index < -0.39 is 25.5 Å². The first-order valence-electron chi connectivity index (χ1n) is 38.3. The van der Waals surface area contributed by atoms with Gasteiger partial charge in [-0.25, -0.2) is 0 Å². The van der Waals surface area contributed by atoms with Gasteiger partial charge in [-0.2, -0.15) is 0 Å². The van der Waals surface area contributed by atoms with E-state index in [1.54, 1.807) is 67.8 Å². The zero-order valence-electron chi connectivity index (χ0n) is 73.4. The molecule has 0 fully saturated rings. The van der Waals surface area contributed by atoms with Crippen LogP contribution < -0.4 is 0 Å². The first-order chi connectivity index (χ1) is 51.2. The van der Waals surface area contributed by atoms with Gasteiger partial charge in [0.05, 0.1) is 6.61 Å². The molecule has 0 aliphatic carbocycles. The summed E-state index contributed by atoms with van der Waals surface area (Å²) in [6.45, 7) is 51.0. The Labute approximate surface area is 700 Å². The minimum absolute atomic E-state index is 0. The topological polar surface area (TPSA) is 197 Å². The van der Waals surface area contributed by atoms with Gasteiger partial charge in [0.25, 0.3) is 0 Å². The Hall–Kier alpha value is -7.03. The van der Waals surface area contributed by atoms with Crippen LogP contribution in [-0.4, -0.2) is 86.9 Å². The van der Waals surface area contributed by atoms with Crippen molar-refractivity contribution in [3.8, 4) is 0 Å². The summed E-state index contributed by atoms with van der Waals surface area (Å²) in [5, 5.41) is 24.1. The molecule has 0 saturated carbocycles. The summed E-state index contributed by atoms with van der Waals surface area (Å²) in [5.41, 5.74) is 24.3. The van der Waals surface area contributed by atoms with Crippen LogP contribution in [0.5, 0.6) is 0 Å². The Bertz CT molecular complexity index is 3500. The molecule has 8 rings (SSSR count). The van der Waals surface area contributed by atoms with Gasteiger partial charge < -0.3 is 22.6 Å². The minimum atomic E-state index is -1.56. The summed E-state index contributed by atoms with van der Waals surface area (Å²) >= 11 is 2.69. The fraction of sp³-hybridized carbons (Fsp3) is 0.412. The molecule has 15 heteroatoms. The van der Waals surface area contributed by atoms with E-state index in [4.69, 9.17) is 15.2 Å². The van der Waals surface area contributed by atoms with Crippen LogP contribution in [0.25, 0.3) is 0 Å². The molecule has 0 aliphatic heterocycles. The van der Waals surface area contributed by atoms with Crippen LogP contribution in [0.2, 0.25) is 25.1 Å². The summed E-state index contributed by atoms with van der Waals surface area (Å²) < 4.78 is 4.97. The molecular formula is C97H140BBrO11SnZn. The van der Waals surface area contributed by atoms with E-state index in [1.165, 1.54) is 79.7 Å². The van der Waals surface area contributed by atoms with E-state index in [2.05, 4.69) is 88.7 Å². The second kappa shape index (κ2) is 62.3. The normalized spacial score (nSPS) is 9.66. The Balaban J connectivity index is -0.000000379. The molecule has 0 unspecified atom stereocenters. The summed E-state index contributed by atoms with van der Waals surface area (Å²) in [7, 11) is -1.17. The van der Waals surface area contributed by atoms with Crippen LogP contribution in [0, 0.1) is 104 Å². The van der Waals surface area contributed by atoms with Crippen LogP contribution >= 0.6 is 13.6 Å². The molecule has 0 amide bonds. The number of hydrogen-bond donors (Lipinski definition) is 3. The van der Waals surface area contributed by atoms with Gasteiger partial charge >= 0.3 is 133 Å². The Kier molecular flexibility index (Phi) is 63.2. The number of unbranched alkanes of at least 4 members (excludes halogenated alkanes) is 3. The standard InChI is InChI=1S/C11H14O.C10H12O2.6C10H12O.3C4H9.CH5BO2.CH4.2CH3.BrH.Sn.Zn/c1-4-10-5-8(2)6-11(7-10)9(3)12;1-7-3-9(6-11)5-10(4-7)8(2)12;6*1-7-4-8(2)6-10(5-7)9(3)11;3*1-3-4-2;1-2(3)4;;;;;;/h5-7H,4H2,1-3H3;3-5,11H,6H2,1-2H3;6*4-6H,1-3H3;3*1,3-4H2,2H3;3-4H,1H3;1H4;2*1H3;1H;;/q;;;;;;;;;;;;;;-1;;;+2/p-1. The number of aliphatic hydroxyl groups excluding tert-OH is 1. The van der Waals surface area contributed by atoms with Gasteiger partial charge in [0.15, 0.2) is 46.3 Å². The monoisotopic (exact) mass is 1750 g/mol.